The van der Waals surface area contributed by atoms with Crippen molar-refractivity contribution in [1.29, 1.82) is 0 Å². The summed E-state index contributed by atoms with van der Waals surface area (Å²) in [6, 6.07) is 10.5. The number of hydrogen-bond acceptors (Lipinski definition) is 5. The van der Waals surface area contributed by atoms with Crippen molar-refractivity contribution in [3.8, 4) is 0 Å². The van der Waals surface area contributed by atoms with Crippen LogP contribution in [0.15, 0.2) is 48.7 Å². The second kappa shape index (κ2) is 9.15. The second-order valence-corrected chi connectivity index (χ2v) is 7.59. The molecule has 1 saturated heterocycles. The van der Waals surface area contributed by atoms with Crippen LogP contribution in [0.3, 0.4) is 0 Å². The summed E-state index contributed by atoms with van der Waals surface area (Å²) in [6.45, 7) is 5.74. The zero-order valence-electron chi connectivity index (χ0n) is 16.9. The number of rotatable bonds is 6. The topological polar surface area (TPSA) is 44.3 Å². The zero-order valence-corrected chi connectivity index (χ0v) is 16.9. The van der Waals surface area contributed by atoms with E-state index in [1.54, 1.807) is 12.1 Å². The molecule has 1 aliphatic rings. The SMILES string of the molecule is Fc1cccc(CN2CCN(CCNc3nccc4nc(C(F)(F)F)ccc34)CC2)c1. The molecule has 9 heteroatoms. The first-order chi connectivity index (χ1) is 14.9. The van der Waals surface area contributed by atoms with Gasteiger partial charge in [0.1, 0.15) is 17.3 Å². The van der Waals surface area contributed by atoms with Gasteiger partial charge in [0, 0.05) is 57.4 Å². The Morgan fingerprint density at radius 2 is 1.74 bits per heavy atom. The zero-order chi connectivity index (χ0) is 21.8. The molecule has 0 unspecified atom stereocenters. The minimum atomic E-state index is -4.47. The number of anilines is 1. The monoisotopic (exact) mass is 433 g/mol. The highest BCUT2D eigenvalue weighted by atomic mass is 19.4. The summed E-state index contributed by atoms with van der Waals surface area (Å²) in [5.41, 5.74) is 0.325. The standard InChI is InChI=1S/C22H23F4N5/c23-17-3-1-2-16(14-17)15-31-12-10-30(11-13-31)9-8-28-21-18-4-5-20(22(24,25)26)29-19(18)6-7-27-21/h1-7,14H,8-13,15H2,(H,27,28). The molecule has 0 radical (unpaired) electrons. The maximum Gasteiger partial charge on any atom is 0.433 e. The van der Waals surface area contributed by atoms with Crippen molar-refractivity contribution in [1.82, 2.24) is 19.8 Å². The molecule has 0 amide bonds. The minimum absolute atomic E-state index is 0.214. The number of alkyl halides is 3. The van der Waals surface area contributed by atoms with Gasteiger partial charge < -0.3 is 5.32 Å². The van der Waals surface area contributed by atoms with Crippen LogP contribution in [0.5, 0.6) is 0 Å². The van der Waals surface area contributed by atoms with Crippen LogP contribution in [0.2, 0.25) is 0 Å². The van der Waals surface area contributed by atoms with Crippen LogP contribution in [0.4, 0.5) is 23.4 Å². The molecule has 0 aliphatic carbocycles. The first-order valence-corrected chi connectivity index (χ1v) is 10.1. The van der Waals surface area contributed by atoms with Gasteiger partial charge in [-0.05, 0) is 35.9 Å². The van der Waals surface area contributed by atoms with Crippen molar-refractivity contribution in [2.75, 3.05) is 44.6 Å². The van der Waals surface area contributed by atoms with Gasteiger partial charge in [-0.3, -0.25) is 9.80 Å². The first-order valence-electron chi connectivity index (χ1n) is 10.1. The third-order valence-corrected chi connectivity index (χ3v) is 5.39. The van der Waals surface area contributed by atoms with E-state index in [9.17, 15) is 17.6 Å². The fourth-order valence-corrected chi connectivity index (χ4v) is 3.75. The molecule has 0 saturated carbocycles. The van der Waals surface area contributed by atoms with Crippen LogP contribution in [-0.4, -0.2) is 59.0 Å². The van der Waals surface area contributed by atoms with Crippen molar-refractivity contribution in [2.45, 2.75) is 12.7 Å². The lowest BCUT2D eigenvalue weighted by Crippen LogP contribution is -2.47. The molecule has 0 spiro atoms. The quantitative estimate of drug-likeness (QED) is 0.595. The van der Waals surface area contributed by atoms with Gasteiger partial charge in [-0.1, -0.05) is 12.1 Å². The molecule has 3 aromatic rings. The van der Waals surface area contributed by atoms with E-state index in [4.69, 9.17) is 0 Å². The molecule has 4 rings (SSSR count). The van der Waals surface area contributed by atoms with Gasteiger partial charge in [-0.25, -0.2) is 14.4 Å². The van der Waals surface area contributed by atoms with Gasteiger partial charge >= 0.3 is 6.18 Å². The van der Waals surface area contributed by atoms with E-state index >= 15 is 0 Å². The number of benzene rings is 1. The van der Waals surface area contributed by atoms with Gasteiger partial charge in [0.2, 0.25) is 0 Å². The fourth-order valence-electron chi connectivity index (χ4n) is 3.75. The number of hydrogen-bond donors (Lipinski definition) is 1. The lowest BCUT2D eigenvalue weighted by Gasteiger charge is -2.34. The Morgan fingerprint density at radius 1 is 0.968 bits per heavy atom. The molecule has 1 fully saturated rings. The molecule has 0 atom stereocenters. The Morgan fingerprint density at radius 3 is 2.48 bits per heavy atom. The summed E-state index contributed by atoms with van der Waals surface area (Å²) in [5.74, 6) is 0.317. The molecule has 1 N–H and O–H groups in total. The van der Waals surface area contributed by atoms with Crippen molar-refractivity contribution in [3.63, 3.8) is 0 Å². The molecule has 5 nitrogen and oxygen atoms in total. The molecular weight excluding hydrogens is 410 g/mol. The number of aromatic nitrogens is 2. The van der Waals surface area contributed by atoms with Gasteiger partial charge in [-0.15, -0.1) is 0 Å². The lowest BCUT2D eigenvalue weighted by atomic mass is 10.2. The lowest BCUT2D eigenvalue weighted by molar-refractivity contribution is -0.140. The summed E-state index contributed by atoms with van der Waals surface area (Å²) in [7, 11) is 0. The number of pyridine rings is 2. The minimum Gasteiger partial charge on any atom is -0.368 e. The Balaban J connectivity index is 1.28. The first kappa shape index (κ1) is 21.5. The van der Waals surface area contributed by atoms with Crippen LogP contribution in [0.1, 0.15) is 11.3 Å². The summed E-state index contributed by atoms with van der Waals surface area (Å²) in [4.78, 5) is 12.6. The highest BCUT2D eigenvalue weighted by Crippen LogP contribution is 2.30. The molecule has 2 aromatic heterocycles. The molecule has 3 heterocycles. The average molecular weight is 433 g/mol. The van der Waals surface area contributed by atoms with Gasteiger partial charge in [0.15, 0.2) is 0 Å². The summed E-state index contributed by atoms with van der Waals surface area (Å²) in [6.07, 6.45) is -3.01. The van der Waals surface area contributed by atoms with E-state index in [1.165, 1.54) is 24.4 Å². The van der Waals surface area contributed by atoms with Crippen LogP contribution < -0.4 is 5.32 Å². The van der Waals surface area contributed by atoms with Gasteiger partial charge in [-0.2, -0.15) is 13.2 Å². The van der Waals surface area contributed by atoms with Crippen molar-refractivity contribution in [2.24, 2.45) is 0 Å². The third kappa shape index (κ3) is 5.48. The highest BCUT2D eigenvalue weighted by molar-refractivity contribution is 5.89. The Labute approximate surface area is 177 Å². The highest BCUT2D eigenvalue weighted by Gasteiger charge is 2.32. The predicted molar refractivity (Wildman–Crippen MR) is 111 cm³/mol. The maximum atomic E-state index is 13.3. The number of nitrogens with zero attached hydrogens (tertiary/aromatic N) is 4. The average Bonchev–Trinajstić information content (AvgIpc) is 2.74. The van der Waals surface area contributed by atoms with Crippen LogP contribution in [-0.2, 0) is 12.7 Å². The molecule has 164 valence electrons. The maximum absolute atomic E-state index is 13.3. The summed E-state index contributed by atoms with van der Waals surface area (Å²) < 4.78 is 52.0. The van der Waals surface area contributed by atoms with E-state index in [1.807, 2.05) is 6.07 Å². The number of nitrogens with one attached hydrogen (secondary N) is 1. The van der Waals surface area contributed by atoms with E-state index in [0.717, 1.165) is 50.9 Å². The van der Waals surface area contributed by atoms with E-state index in [0.29, 0.717) is 17.7 Å². The van der Waals surface area contributed by atoms with Crippen LogP contribution >= 0.6 is 0 Å². The van der Waals surface area contributed by atoms with Crippen molar-refractivity contribution < 1.29 is 17.6 Å². The van der Waals surface area contributed by atoms with Crippen molar-refractivity contribution in [3.05, 3.63) is 65.7 Å². The normalized spacial score (nSPS) is 16.0. The smallest absolute Gasteiger partial charge is 0.368 e. The molecule has 0 bridgehead atoms. The summed E-state index contributed by atoms with van der Waals surface area (Å²) >= 11 is 0. The molecule has 31 heavy (non-hydrogen) atoms. The van der Waals surface area contributed by atoms with Crippen molar-refractivity contribution >= 4 is 16.7 Å². The van der Waals surface area contributed by atoms with E-state index in [2.05, 4.69) is 25.1 Å². The number of piperazine rings is 1. The fraction of sp³-hybridized carbons (Fsp3) is 0.364. The largest absolute Gasteiger partial charge is 0.433 e. The molecule has 1 aromatic carbocycles. The second-order valence-electron chi connectivity index (χ2n) is 7.59. The number of fused-ring (bicyclic) bond motifs is 1. The van der Waals surface area contributed by atoms with Gasteiger partial charge in [0.25, 0.3) is 0 Å². The Hall–Kier alpha value is -2.78. The Kier molecular flexibility index (Phi) is 6.33. The van der Waals surface area contributed by atoms with E-state index in [-0.39, 0.29) is 11.3 Å². The van der Waals surface area contributed by atoms with Crippen LogP contribution in [0.25, 0.3) is 10.9 Å². The molecular formula is C22H23F4N5. The predicted octanol–water partition coefficient (Wildman–Crippen LogP) is 4.02. The van der Waals surface area contributed by atoms with E-state index < -0.39 is 11.9 Å². The number of halogens is 4. The van der Waals surface area contributed by atoms with Gasteiger partial charge in [0.05, 0.1) is 5.52 Å². The third-order valence-electron chi connectivity index (χ3n) is 5.39. The van der Waals surface area contributed by atoms with Crippen LogP contribution in [0, 0.1) is 5.82 Å². The molecule has 1 aliphatic heterocycles. The Bertz CT molecular complexity index is 1030. The summed E-state index contributed by atoms with van der Waals surface area (Å²) in [5, 5.41) is 3.79.